The van der Waals surface area contributed by atoms with Gasteiger partial charge in [-0.15, -0.1) is 0 Å². The molecule has 0 spiro atoms. The van der Waals surface area contributed by atoms with Crippen molar-refractivity contribution in [1.29, 1.82) is 0 Å². The first kappa shape index (κ1) is 21.9. The number of hydrogen-bond acceptors (Lipinski definition) is 5. The number of hydrogen-bond donors (Lipinski definition) is 1. The molecule has 4 rings (SSSR count). The number of amides is 1. The van der Waals surface area contributed by atoms with Crippen LogP contribution in [0.5, 0.6) is 5.75 Å². The van der Waals surface area contributed by atoms with Crippen molar-refractivity contribution in [3.8, 4) is 17.2 Å². The number of halogens is 2. The molecule has 4 aromatic rings. The number of benzene rings is 3. The van der Waals surface area contributed by atoms with Crippen LogP contribution in [0.2, 0.25) is 10.0 Å². The third-order valence-corrected chi connectivity index (χ3v) is 5.16. The van der Waals surface area contributed by atoms with E-state index >= 15 is 0 Å². The first-order valence-electron chi connectivity index (χ1n) is 9.87. The van der Waals surface area contributed by atoms with Crippen molar-refractivity contribution in [3.63, 3.8) is 0 Å². The largest absolute Gasteiger partial charge is 0.492 e. The lowest BCUT2D eigenvalue weighted by molar-refractivity contribution is -0.116. The van der Waals surface area contributed by atoms with Gasteiger partial charge < -0.3 is 14.5 Å². The highest BCUT2D eigenvalue weighted by molar-refractivity contribution is 6.35. The maximum Gasteiger partial charge on any atom is 0.347 e. The number of ether oxygens (including phenoxy) is 1. The summed E-state index contributed by atoms with van der Waals surface area (Å²) >= 11 is 11.9. The van der Waals surface area contributed by atoms with Gasteiger partial charge in [-0.25, -0.2) is 9.78 Å². The van der Waals surface area contributed by atoms with Crippen LogP contribution in [0.25, 0.3) is 22.4 Å². The fourth-order valence-electron chi connectivity index (χ4n) is 3.10. The van der Waals surface area contributed by atoms with Crippen LogP contribution in [0.15, 0.2) is 75.9 Å². The molecule has 32 heavy (non-hydrogen) atoms. The van der Waals surface area contributed by atoms with E-state index < -0.39 is 5.63 Å². The molecule has 1 heterocycles. The topological polar surface area (TPSA) is 81.4 Å². The number of nitrogens with one attached hydrogen (secondary N) is 1. The zero-order valence-corrected chi connectivity index (χ0v) is 18.3. The molecule has 0 radical (unpaired) electrons. The van der Waals surface area contributed by atoms with Crippen LogP contribution in [-0.4, -0.2) is 17.5 Å². The number of carbonyl (C=O) groups is 1. The number of rotatable bonds is 7. The summed E-state index contributed by atoms with van der Waals surface area (Å²) in [5.74, 6) is 0.549. The van der Waals surface area contributed by atoms with E-state index in [0.717, 1.165) is 0 Å². The van der Waals surface area contributed by atoms with E-state index in [2.05, 4.69) is 10.3 Å². The second kappa shape index (κ2) is 9.85. The predicted molar refractivity (Wildman–Crippen MR) is 126 cm³/mol. The van der Waals surface area contributed by atoms with Crippen LogP contribution >= 0.6 is 23.2 Å². The molecule has 8 heteroatoms. The summed E-state index contributed by atoms with van der Waals surface area (Å²) in [4.78, 5) is 28.9. The van der Waals surface area contributed by atoms with Gasteiger partial charge in [0, 0.05) is 22.7 Å². The maximum absolute atomic E-state index is 12.3. The van der Waals surface area contributed by atoms with Gasteiger partial charge in [0.1, 0.15) is 5.75 Å². The van der Waals surface area contributed by atoms with Crippen LogP contribution in [0.1, 0.15) is 12.8 Å². The van der Waals surface area contributed by atoms with Crippen LogP contribution < -0.4 is 15.7 Å². The Bertz CT molecular complexity index is 1340. The highest BCUT2D eigenvalue weighted by Crippen LogP contribution is 2.27. The van der Waals surface area contributed by atoms with Crippen molar-refractivity contribution < 1.29 is 13.9 Å². The Morgan fingerprint density at radius 3 is 2.72 bits per heavy atom. The van der Waals surface area contributed by atoms with Crippen LogP contribution in [0.3, 0.4) is 0 Å². The van der Waals surface area contributed by atoms with E-state index in [0.29, 0.717) is 51.0 Å². The zero-order chi connectivity index (χ0) is 22.5. The fraction of sp³-hybridized carbons (Fsp3) is 0.125. The van der Waals surface area contributed by atoms with Gasteiger partial charge in [-0.05, 0) is 55.0 Å². The molecule has 0 saturated carbocycles. The van der Waals surface area contributed by atoms with Crippen molar-refractivity contribution >= 4 is 45.7 Å². The van der Waals surface area contributed by atoms with E-state index in [4.69, 9.17) is 32.4 Å². The number of fused-ring (bicyclic) bond motifs is 1. The molecule has 0 bridgehead atoms. The molecule has 0 saturated heterocycles. The highest BCUT2D eigenvalue weighted by atomic mass is 35.5. The van der Waals surface area contributed by atoms with Gasteiger partial charge in [-0.1, -0.05) is 41.4 Å². The zero-order valence-electron chi connectivity index (χ0n) is 16.8. The molecule has 0 aliphatic carbocycles. The lowest BCUT2D eigenvalue weighted by Crippen LogP contribution is -2.13. The minimum Gasteiger partial charge on any atom is -0.492 e. The molecule has 0 fully saturated rings. The molecule has 0 atom stereocenters. The van der Waals surface area contributed by atoms with E-state index in [1.807, 2.05) is 0 Å². The number of nitrogens with zero attached hydrogens (tertiary/aromatic N) is 1. The third kappa shape index (κ3) is 5.28. The first-order valence-corrected chi connectivity index (χ1v) is 10.6. The number of anilines is 1. The Morgan fingerprint density at radius 2 is 1.88 bits per heavy atom. The fourth-order valence-corrected chi connectivity index (χ4v) is 3.57. The van der Waals surface area contributed by atoms with E-state index in [1.165, 1.54) is 0 Å². The molecule has 1 aromatic heterocycles. The van der Waals surface area contributed by atoms with Gasteiger partial charge in [0.25, 0.3) is 0 Å². The molecule has 0 aliphatic heterocycles. The molecule has 162 valence electrons. The van der Waals surface area contributed by atoms with Crippen molar-refractivity contribution in [3.05, 3.63) is 87.2 Å². The first-order chi connectivity index (χ1) is 15.5. The monoisotopic (exact) mass is 468 g/mol. The summed E-state index contributed by atoms with van der Waals surface area (Å²) in [5, 5.41) is 4.21. The molecule has 0 unspecified atom stereocenters. The Kier molecular flexibility index (Phi) is 6.73. The predicted octanol–water partition coefficient (Wildman–Crippen LogP) is 5.96. The van der Waals surface area contributed by atoms with Gasteiger partial charge in [0.2, 0.25) is 11.8 Å². The highest BCUT2D eigenvalue weighted by Gasteiger charge is 2.10. The molecular weight excluding hydrogens is 451 g/mol. The summed E-state index contributed by atoms with van der Waals surface area (Å²) in [6.45, 7) is 0.334. The Hall–Kier alpha value is -3.35. The average Bonchev–Trinajstić information content (AvgIpc) is 2.78. The lowest BCUT2D eigenvalue weighted by atomic mass is 10.2. The SMILES string of the molecule is O=C(CCCOc1ccc(Cl)cc1Cl)Nc1cccc(-c2nc3ccccc3c(=O)o2)c1. The minimum absolute atomic E-state index is 0.166. The van der Waals surface area contributed by atoms with E-state index in [-0.39, 0.29) is 18.2 Å². The van der Waals surface area contributed by atoms with Crippen molar-refractivity contribution in [2.45, 2.75) is 12.8 Å². The Labute approximate surface area is 193 Å². The standard InChI is InChI=1S/C24H18Cl2N2O4/c25-16-10-11-21(19(26)14-16)31-12-4-9-22(29)27-17-6-3-5-15(13-17)23-28-20-8-2-1-7-18(20)24(30)32-23/h1-3,5-8,10-11,13-14H,4,9,12H2,(H,27,29). The molecule has 0 aliphatic rings. The van der Waals surface area contributed by atoms with Gasteiger partial charge in [0.05, 0.1) is 22.5 Å². The quantitative estimate of drug-likeness (QED) is 0.338. The Morgan fingerprint density at radius 1 is 1.03 bits per heavy atom. The summed E-state index contributed by atoms with van der Waals surface area (Å²) in [7, 11) is 0. The van der Waals surface area contributed by atoms with Gasteiger partial charge in [0.15, 0.2) is 0 Å². The molecule has 3 aromatic carbocycles. The second-order valence-electron chi connectivity index (χ2n) is 6.98. The third-order valence-electron chi connectivity index (χ3n) is 4.63. The van der Waals surface area contributed by atoms with E-state index in [9.17, 15) is 9.59 Å². The van der Waals surface area contributed by atoms with Crippen LogP contribution in [0.4, 0.5) is 5.69 Å². The summed E-state index contributed by atoms with van der Waals surface area (Å²) in [5.41, 5.74) is 1.26. The molecule has 6 nitrogen and oxygen atoms in total. The second-order valence-corrected chi connectivity index (χ2v) is 7.82. The van der Waals surface area contributed by atoms with Gasteiger partial charge in [-0.3, -0.25) is 4.79 Å². The normalized spacial score (nSPS) is 10.8. The minimum atomic E-state index is -0.458. The van der Waals surface area contributed by atoms with Gasteiger partial charge >= 0.3 is 5.63 Å². The molecule has 1 amide bonds. The summed E-state index contributed by atoms with van der Waals surface area (Å²) < 4.78 is 11.0. The smallest absolute Gasteiger partial charge is 0.347 e. The van der Waals surface area contributed by atoms with Crippen molar-refractivity contribution in [2.24, 2.45) is 0 Å². The number of para-hydroxylation sites is 1. The molecule has 1 N–H and O–H groups in total. The summed E-state index contributed by atoms with van der Waals surface area (Å²) in [6.07, 6.45) is 0.768. The van der Waals surface area contributed by atoms with Crippen molar-refractivity contribution in [2.75, 3.05) is 11.9 Å². The number of carbonyl (C=O) groups excluding carboxylic acids is 1. The Balaban J connectivity index is 1.36. The van der Waals surface area contributed by atoms with Crippen LogP contribution in [-0.2, 0) is 4.79 Å². The average molecular weight is 469 g/mol. The maximum atomic E-state index is 12.3. The summed E-state index contributed by atoms with van der Waals surface area (Å²) in [6, 6.07) is 18.9. The lowest BCUT2D eigenvalue weighted by Gasteiger charge is -2.09. The van der Waals surface area contributed by atoms with Crippen molar-refractivity contribution in [1.82, 2.24) is 4.98 Å². The number of aromatic nitrogens is 1. The van der Waals surface area contributed by atoms with E-state index in [1.54, 1.807) is 66.7 Å². The van der Waals surface area contributed by atoms with Crippen LogP contribution in [0, 0.1) is 0 Å². The molecular formula is C24H18Cl2N2O4. The van der Waals surface area contributed by atoms with Gasteiger partial charge in [-0.2, -0.15) is 0 Å².